The van der Waals surface area contributed by atoms with Gasteiger partial charge in [0.15, 0.2) is 6.61 Å². The van der Waals surface area contributed by atoms with E-state index in [0.717, 1.165) is 31.2 Å². The molecule has 0 saturated heterocycles. The Morgan fingerprint density at radius 2 is 1.81 bits per heavy atom. The first-order valence-electron chi connectivity index (χ1n) is 9.32. The second kappa shape index (κ2) is 8.56. The first-order chi connectivity index (χ1) is 12.2. The van der Waals surface area contributed by atoms with E-state index >= 15 is 0 Å². The molecule has 1 aliphatic carbocycles. The summed E-state index contributed by atoms with van der Waals surface area (Å²) in [4.78, 5) is 24.4. The van der Waals surface area contributed by atoms with Crippen molar-refractivity contribution < 1.29 is 19.1 Å². The molecule has 0 bridgehead atoms. The van der Waals surface area contributed by atoms with Crippen LogP contribution in [-0.2, 0) is 14.3 Å². The summed E-state index contributed by atoms with van der Waals surface area (Å²) >= 11 is 0. The first-order valence-corrected chi connectivity index (χ1v) is 9.32. The molecule has 0 heterocycles. The number of carbonyl (C=O) groups excluding carboxylic acids is 2. The Kier molecular flexibility index (Phi) is 6.68. The van der Waals surface area contributed by atoms with Crippen LogP contribution in [0.25, 0.3) is 0 Å². The van der Waals surface area contributed by atoms with Gasteiger partial charge in [0, 0.05) is 0 Å². The van der Waals surface area contributed by atoms with Crippen LogP contribution in [0.15, 0.2) is 18.2 Å². The van der Waals surface area contributed by atoms with E-state index < -0.39 is 0 Å². The molecule has 1 saturated carbocycles. The number of aryl methyl sites for hydroxylation is 1. The highest BCUT2D eigenvalue weighted by Crippen LogP contribution is 2.40. The fraction of sp³-hybridized carbons (Fsp3) is 0.619. The second-order valence-electron chi connectivity index (χ2n) is 8.27. The second-order valence-corrected chi connectivity index (χ2v) is 8.27. The standard InChI is InChI=1S/C21H31NO4/c1-14-6-11-18(25-5)17(12-14)22-19(23)13-26-20(24)15-7-9-16(10-8-15)21(2,3)4/h6,11-12,15-16H,7-10,13H2,1-5H3,(H,22,23). The van der Waals surface area contributed by atoms with Crippen molar-refractivity contribution in [2.75, 3.05) is 19.0 Å². The molecule has 1 amide bonds. The summed E-state index contributed by atoms with van der Waals surface area (Å²) in [6, 6.07) is 5.53. The number of esters is 1. The van der Waals surface area contributed by atoms with Crippen molar-refractivity contribution >= 4 is 17.6 Å². The number of ether oxygens (including phenoxy) is 2. The van der Waals surface area contributed by atoms with E-state index in [2.05, 4.69) is 26.1 Å². The highest BCUT2D eigenvalue weighted by Gasteiger charge is 2.33. The number of hydrogen-bond acceptors (Lipinski definition) is 4. The fourth-order valence-corrected chi connectivity index (χ4v) is 3.56. The third-order valence-corrected chi connectivity index (χ3v) is 5.26. The summed E-state index contributed by atoms with van der Waals surface area (Å²) in [6.07, 6.45) is 3.76. The average molecular weight is 361 g/mol. The van der Waals surface area contributed by atoms with Crippen molar-refractivity contribution in [3.05, 3.63) is 23.8 Å². The van der Waals surface area contributed by atoms with Gasteiger partial charge < -0.3 is 14.8 Å². The van der Waals surface area contributed by atoms with Gasteiger partial charge in [-0.1, -0.05) is 26.8 Å². The van der Waals surface area contributed by atoms with Crippen LogP contribution < -0.4 is 10.1 Å². The fourth-order valence-electron chi connectivity index (χ4n) is 3.56. The Labute approximate surface area is 156 Å². The molecule has 26 heavy (non-hydrogen) atoms. The van der Waals surface area contributed by atoms with Gasteiger partial charge in [-0.05, 0) is 61.6 Å². The lowest BCUT2D eigenvalue weighted by atomic mass is 9.70. The normalized spacial score (nSPS) is 20.3. The number of carbonyl (C=O) groups is 2. The third-order valence-electron chi connectivity index (χ3n) is 5.26. The van der Waals surface area contributed by atoms with Crippen molar-refractivity contribution in [2.45, 2.75) is 53.4 Å². The van der Waals surface area contributed by atoms with Gasteiger partial charge in [-0.25, -0.2) is 0 Å². The Morgan fingerprint density at radius 3 is 2.38 bits per heavy atom. The molecule has 1 aliphatic rings. The number of amides is 1. The zero-order valence-electron chi connectivity index (χ0n) is 16.6. The highest BCUT2D eigenvalue weighted by atomic mass is 16.5. The molecule has 2 rings (SSSR count). The third kappa shape index (κ3) is 5.48. The largest absolute Gasteiger partial charge is 0.495 e. The predicted octanol–water partition coefficient (Wildman–Crippen LogP) is 4.34. The van der Waals surface area contributed by atoms with Gasteiger partial charge in [0.1, 0.15) is 5.75 Å². The summed E-state index contributed by atoms with van der Waals surface area (Å²) in [7, 11) is 1.55. The Balaban J connectivity index is 1.81. The van der Waals surface area contributed by atoms with Gasteiger partial charge in [-0.2, -0.15) is 0 Å². The van der Waals surface area contributed by atoms with Gasteiger partial charge in [-0.3, -0.25) is 9.59 Å². The van der Waals surface area contributed by atoms with Crippen molar-refractivity contribution in [3.8, 4) is 5.75 Å². The maximum Gasteiger partial charge on any atom is 0.309 e. The topological polar surface area (TPSA) is 64.6 Å². The molecule has 1 fully saturated rings. The summed E-state index contributed by atoms with van der Waals surface area (Å²) < 4.78 is 10.5. The van der Waals surface area contributed by atoms with Gasteiger partial charge >= 0.3 is 5.97 Å². The molecule has 5 nitrogen and oxygen atoms in total. The van der Waals surface area contributed by atoms with Crippen LogP contribution in [0, 0.1) is 24.2 Å². The molecular weight excluding hydrogens is 330 g/mol. The van der Waals surface area contributed by atoms with E-state index in [1.54, 1.807) is 13.2 Å². The lowest BCUT2D eigenvalue weighted by molar-refractivity contribution is -0.153. The van der Waals surface area contributed by atoms with Crippen LogP contribution >= 0.6 is 0 Å². The van der Waals surface area contributed by atoms with Crippen LogP contribution in [0.4, 0.5) is 5.69 Å². The first kappa shape index (κ1) is 20.3. The SMILES string of the molecule is COc1ccc(C)cc1NC(=O)COC(=O)C1CCC(C(C)(C)C)CC1. The van der Waals surface area contributed by atoms with Crippen molar-refractivity contribution in [1.29, 1.82) is 0 Å². The van der Waals surface area contributed by atoms with E-state index in [-0.39, 0.29) is 29.8 Å². The number of nitrogens with one attached hydrogen (secondary N) is 1. The van der Waals surface area contributed by atoms with Crippen molar-refractivity contribution in [2.24, 2.45) is 17.3 Å². The molecule has 0 unspecified atom stereocenters. The quantitative estimate of drug-likeness (QED) is 0.793. The number of hydrogen-bond donors (Lipinski definition) is 1. The van der Waals surface area contributed by atoms with E-state index in [4.69, 9.17) is 9.47 Å². The lowest BCUT2D eigenvalue weighted by Crippen LogP contribution is -2.31. The molecular formula is C21H31NO4. The molecule has 0 atom stereocenters. The van der Waals surface area contributed by atoms with Crippen molar-refractivity contribution in [3.63, 3.8) is 0 Å². The van der Waals surface area contributed by atoms with E-state index in [1.165, 1.54) is 0 Å². The molecule has 0 aliphatic heterocycles. The molecule has 1 aromatic rings. The molecule has 144 valence electrons. The molecule has 1 N–H and O–H groups in total. The Hall–Kier alpha value is -2.04. The average Bonchev–Trinajstić information content (AvgIpc) is 2.59. The van der Waals surface area contributed by atoms with E-state index in [1.807, 2.05) is 19.1 Å². The van der Waals surface area contributed by atoms with Crippen LogP contribution in [0.5, 0.6) is 5.75 Å². The minimum absolute atomic E-state index is 0.0881. The lowest BCUT2D eigenvalue weighted by Gasteiger charge is -2.36. The maximum atomic E-state index is 12.3. The van der Waals surface area contributed by atoms with Crippen LogP contribution in [-0.4, -0.2) is 25.6 Å². The number of anilines is 1. The zero-order chi connectivity index (χ0) is 19.3. The minimum Gasteiger partial charge on any atom is -0.495 e. The minimum atomic E-state index is -0.356. The van der Waals surface area contributed by atoms with Crippen LogP contribution in [0.3, 0.4) is 0 Å². The van der Waals surface area contributed by atoms with Crippen LogP contribution in [0.2, 0.25) is 0 Å². The number of rotatable bonds is 5. The van der Waals surface area contributed by atoms with Crippen molar-refractivity contribution in [1.82, 2.24) is 0 Å². The van der Waals surface area contributed by atoms with E-state index in [9.17, 15) is 9.59 Å². The van der Waals surface area contributed by atoms with Crippen LogP contribution in [0.1, 0.15) is 52.0 Å². The number of methoxy groups -OCH3 is 1. The zero-order valence-corrected chi connectivity index (χ0v) is 16.6. The molecule has 1 aromatic carbocycles. The highest BCUT2D eigenvalue weighted by molar-refractivity contribution is 5.94. The molecule has 0 spiro atoms. The summed E-state index contributed by atoms with van der Waals surface area (Å²) in [5.74, 6) is 0.517. The van der Waals surface area contributed by atoms with Gasteiger partial charge in [0.05, 0.1) is 18.7 Å². The Bertz CT molecular complexity index is 640. The summed E-state index contributed by atoms with van der Waals surface area (Å²) in [5, 5.41) is 2.75. The van der Waals surface area contributed by atoms with E-state index in [0.29, 0.717) is 17.4 Å². The molecule has 5 heteroatoms. The summed E-state index contributed by atoms with van der Waals surface area (Å²) in [6.45, 7) is 8.42. The molecule has 0 aromatic heterocycles. The predicted molar refractivity (Wildman–Crippen MR) is 102 cm³/mol. The van der Waals surface area contributed by atoms with Gasteiger partial charge in [0.25, 0.3) is 5.91 Å². The Morgan fingerprint density at radius 1 is 1.15 bits per heavy atom. The maximum absolute atomic E-state index is 12.3. The monoisotopic (exact) mass is 361 g/mol. The van der Waals surface area contributed by atoms with Gasteiger partial charge in [0.2, 0.25) is 0 Å². The smallest absolute Gasteiger partial charge is 0.309 e. The molecule has 0 radical (unpaired) electrons. The number of benzene rings is 1. The van der Waals surface area contributed by atoms with Gasteiger partial charge in [-0.15, -0.1) is 0 Å². The summed E-state index contributed by atoms with van der Waals surface area (Å²) in [5.41, 5.74) is 1.87.